The van der Waals surface area contributed by atoms with Crippen LogP contribution < -0.4 is 16.2 Å². The van der Waals surface area contributed by atoms with Crippen LogP contribution in [0.3, 0.4) is 0 Å². The standard InChI is InChI=1S/C16H17ClN4O3/c1-9-5-10(2)21-15(23)12(9)7-19-14(22)8-20-16(24)13-6-11(17)3-4-18-13/h3-6H,7-8H2,1-2H3,(H,19,22)(H,20,24)(H,21,23). The predicted molar refractivity (Wildman–Crippen MR) is 90.0 cm³/mol. The largest absolute Gasteiger partial charge is 0.350 e. The molecule has 0 saturated carbocycles. The van der Waals surface area contributed by atoms with Gasteiger partial charge in [0.2, 0.25) is 5.91 Å². The zero-order chi connectivity index (χ0) is 17.7. The highest BCUT2D eigenvalue weighted by atomic mass is 35.5. The van der Waals surface area contributed by atoms with Crippen LogP contribution in [0.5, 0.6) is 0 Å². The monoisotopic (exact) mass is 348 g/mol. The third-order valence-corrected chi connectivity index (χ3v) is 3.56. The number of nitrogens with zero attached hydrogens (tertiary/aromatic N) is 1. The molecule has 0 radical (unpaired) electrons. The van der Waals surface area contributed by atoms with Crippen molar-refractivity contribution in [3.05, 3.63) is 62.3 Å². The van der Waals surface area contributed by atoms with Crippen LogP contribution in [0.4, 0.5) is 0 Å². The summed E-state index contributed by atoms with van der Waals surface area (Å²) >= 11 is 5.78. The highest BCUT2D eigenvalue weighted by molar-refractivity contribution is 6.30. The van der Waals surface area contributed by atoms with Gasteiger partial charge in [0.25, 0.3) is 11.5 Å². The number of nitrogens with one attached hydrogen (secondary N) is 3. The second-order valence-electron chi connectivity index (χ2n) is 5.26. The van der Waals surface area contributed by atoms with Crippen molar-refractivity contribution in [2.24, 2.45) is 0 Å². The van der Waals surface area contributed by atoms with Gasteiger partial charge >= 0.3 is 0 Å². The van der Waals surface area contributed by atoms with Crippen LogP contribution in [0, 0.1) is 13.8 Å². The molecule has 0 spiro atoms. The second kappa shape index (κ2) is 7.74. The normalized spacial score (nSPS) is 10.3. The van der Waals surface area contributed by atoms with Crippen molar-refractivity contribution >= 4 is 23.4 Å². The van der Waals surface area contributed by atoms with E-state index >= 15 is 0 Å². The molecule has 2 rings (SSSR count). The topological polar surface area (TPSA) is 104 Å². The molecule has 0 aliphatic carbocycles. The number of carbonyl (C=O) groups excluding carboxylic acids is 2. The number of carbonyl (C=O) groups is 2. The average Bonchev–Trinajstić information content (AvgIpc) is 2.51. The maximum absolute atomic E-state index is 11.9. The Morgan fingerprint density at radius 1 is 1.25 bits per heavy atom. The van der Waals surface area contributed by atoms with Crippen LogP contribution >= 0.6 is 11.6 Å². The average molecular weight is 349 g/mol. The number of hydrogen-bond donors (Lipinski definition) is 3. The number of rotatable bonds is 5. The summed E-state index contributed by atoms with van der Waals surface area (Å²) in [5.74, 6) is -0.915. The third kappa shape index (κ3) is 4.66. The quantitative estimate of drug-likeness (QED) is 0.752. The molecule has 126 valence electrons. The van der Waals surface area contributed by atoms with E-state index in [1.807, 2.05) is 6.07 Å². The SMILES string of the molecule is Cc1cc(C)c(CNC(=O)CNC(=O)c2cc(Cl)ccn2)c(=O)[nH]1. The smallest absolute Gasteiger partial charge is 0.270 e. The van der Waals surface area contributed by atoms with Crippen molar-refractivity contribution in [3.8, 4) is 0 Å². The Morgan fingerprint density at radius 2 is 2.00 bits per heavy atom. The predicted octanol–water partition coefficient (Wildman–Crippen LogP) is 1.09. The third-order valence-electron chi connectivity index (χ3n) is 3.32. The van der Waals surface area contributed by atoms with Crippen molar-refractivity contribution < 1.29 is 9.59 Å². The minimum Gasteiger partial charge on any atom is -0.350 e. The van der Waals surface area contributed by atoms with Crippen molar-refractivity contribution in [1.82, 2.24) is 20.6 Å². The molecule has 7 nitrogen and oxygen atoms in total. The van der Waals surface area contributed by atoms with Gasteiger partial charge in [-0.2, -0.15) is 0 Å². The van der Waals surface area contributed by atoms with Crippen LogP contribution in [0.25, 0.3) is 0 Å². The molecule has 3 N–H and O–H groups in total. The summed E-state index contributed by atoms with van der Waals surface area (Å²) in [7, 11) is 0. The molecule has 0 fully saturated rings. The number of H-pyrrole nitrogens is 1. The van der Waals surface area contributed by atoms with Gasteiger partial charge in [0.1, 0.15) is 5.69 Å². The van der Waals surface area contributed by atoms with Crippen LogP contribution in [0.2, 0.25) is 5.02 Å². The lowest BCUT2D eigenvalue weighted by molar-refractivity contribution is -0.120. The summed E-state index contributed by atoms with van der Waals surface area (Å²) in [5.41, 5.74) is 1.93. The minimum atomic E-state index is -0.503. The molecular formula is C16H17ClN4O3. The molecule has 2 aromatic heterocycles. The first-order valence-corrected chi connectivity index (χ1v) is 7.60. The van der Waals surface area contributed by atoms with E-state index in [9.17, 15) is 14.4 Å². The molecule has 0 aliphatic heterocycles. The van der Waals surface area contributed by atoms with E-state index in [4.69, 9.17) is 11.6 Å². The number of amides is 2. The van der Waals surface area contributed by atoms with Crippen LogP contribution in [-0.2, 0) is 11.3 Å². The highest BCUT2D eigenvalue weighted by Gasteiger charge is 2.11. The van der Waals surface area contributed by atoms with Crippen molar-refractivity contribution in [2.75, 3.05) is 6.54 Å². The molecule has 2 aromatic rings. The van der Waals surface area contributed by atoms with Crippen molar-refractivity contribution in [1.29, 1.82) is 0 Å². The molecule has 0 aromatic carbocycles. The van der Waals surface area contributed by atoms with Gasteiger partial charge in [0.15, 0.2) is 0 Å². The first-order chi connectivity index (χ1) is 11.4. The summed E-state index contributed by atoms with van der Waals surface area (Å²) < 4.78 is 0. The maximum Gasteiger partial charge on any atom is 0.270 e. The summed E-state index contributed by atoms with van der Waals surface area (Å²) in [6, 6.07) is 4.78. The zero-order valence-corrected chi connectivity index (χ0v) is 14.0. The number of hydrogen-bond acceptors (Lipinski definition) is 4. The van der Waals surface area contributed by atoms with Gasteiger partial charge in [-0.05, 0) is 37.6 Å². The zero-order valence-electron chi connectivity index (χ0n) is 13.3. The van der Waals surface area contributed by atoms with E-state index in [1.54, 1.807) is 19.9 Å². The first kappa shape index (κ1) is 17.7. The lowest BCUT2D eigenvalue weighted by Gasteiger charge is -2.09. The van der Waals surface area contributed by atoms with Crippen molar-refractivity contribution in [3.63, 3.8) is 0 Å². The van der Waals surface area contributed by atoms with Gasteiger partial charge in [-0.1, -0.05) is 11.6 Å². The van der Waals surface area contributed by atoms with Gasteiger partial charge < -0.3 is 15.6 Å². The Balaban J connectivity index is 1.88. The lowest BCUT2D eigenvalue weighted by Crippen LogP contribution is -2.37. The Bertz CT molecular complexity index is 832. The number of halogens is 1. The van der Waals surface area contributed by atoms with E-state index in [-0.39, 0.29) is 24.3 Å². The van der Waals surface area contributed by atoms with E-state index in [1.165, 1.54) is 12.3 Å². The number of aromatic nitrogens is 2. The van der Waals surface area contributed by atoms with E-state index < -0.39 is 11.8 Å². The Kier molecular flexibility index (Phi) is 5.70. The molecule has 24 heavy (non-hydrogen) atoms. The van der Waals surface area contributed by atoms with Gasteiger partial charge in [0.05, 0.1) is 6.54 Å². The fourth-order valence-corrected chi connectivity index (χ4v) is 2.29. The molecule has 2 heterocycles. The summed E-state index contributed by atoms with van der Waals surface area (Å²) in [6.45, 7) is 3.45. The maximum atomic E-state index is 11.9. The minimum absolute atomic E-state index is 0.0889. The highest BCUT2D eigenvalue weighted by Crippen LogP contribution is 2.07. The van der Waals surface area contributed by atoms with Crippen LogP contribution in [0.15, 0.2) is 29.2 Å². The van der Waals surface area contributed by atoms with Crippen LogP contribution in [-0.4, -0.2) is 28.3 Å². The molecule has 0 atom stereocenters. The summed E-state index contributed by atoms with van der Waals surface area (Å²) in [4.78, 5) is 42.1. The summed E-state index contributed by atoms with van der Waals surface area (Å²) in [6.07, 6.45) is 1.41. The molecule has 0 aliphatic rings. The van der Waals surface area contributed by atoms with Gasteiger partial charge in [-0.3, -0.25) is 19.4 Å². The molecule has 8 heteroatoms. The summed E-state index contributed by atoms with van der Waals surface area (Å²) in [5, 5.41) is 5.42. The Hall–Kier alpha value is -2.67. The van der Waals surface area contributed by atoms with Gasteiger partial charge in [0, 0.05) is 29.0 Å². The lowest BCUT2D eigenvalue weighted by atomic mass is 10.1. The molecule has 0 unspecified atom stereocenters. The van der Waals surface area contributed by atoms with Gasteiger partial charge in [-0.25, -0.2) is 0 Å². The Labute approximate surface area is 143 Å². The van der Waals surface area contributed by atoms with Crippen LogP contribution in [0.1, 0.15) is 27.3 Å². The fraction of sp³-hybridized carbons (Fsp3) is 0.250. The molecular weight excluding hydrogens is 332 g/mol. The van der Waals surface area contributed by atoms with Crippen molar-refractivity contribution in [2.45, 2.75) is 20.4 Å². The molecule has 2 amide bonds. The second-order valence-corrected chi connectivity index (χ2v) is 5.70. The Morgan fingerprint density at radius 3 is 2.67 bits per heavy atom. The number of aromatic amines is 1. The van der Waals surface area contributed by atoms with E-state index in [0.717, 1.165) is 11.3 Å². The number of aryl methyl sites for hydroxylation is 2. The molecule has 0 saturated heterocycles. The van der Waals surface area contributed by atoms with Gasteiger partial charge in [-0.15, -0.1) is 0 Å². The number of pyridine rings is 2. The fourth-order valence-electron chi connectivity index (χ4n) is 2.13. The van der Waals surface area contributed by atoms with E-state index in [2.05, 4.69) is 20.6 Å². The molecule has 0 bridgehead atoms. The van der Waals surface area contributed by atoms with E-state index in [0.29, 0.717) is 10.6 Å². The first-order valence-electron chi connectivity index (χ1n) is 7.22.